The highest BCUT2D eigenvalue weighted by Crippen LogP contribution is 2.37. The Hall–Kier alpha value is -1.97. The number of fused-ring (bicyclic) bond motifs is 1. The van der Waals surface area contributed by atoms with Crippen LogP contribution in [0.1, 0.15) is 17.5 Å². The van der Waals surface area contributed by atoms with Gasteiger partial charge in [0.15, 0.2) is 5.96 Å². The molecule has 2 N–H and O–H groups in total. The minimum atomic E-state index is 0.0254. The van der Waals surface area contributed by atoms with Crippen LogP contribution in [-0.2, 0) is 12.8 Å². The maximum atomic E-state index is 6.05. The molecular formula is C16H21N3O. The van der Waals surface area contributed by atoms with Gasteiger partial charge in [0.05, 0.1) is 19.2 Å². The highest BCUT2D eigenvalue weighted by Gasteiger charge is 2.43. The minimum absolute atomic E-state index is 0.0254. The van der Waals surface area contributed by atoms with Gasteiger partial charge in [0.25, 0.3) is 0 Å². The van der Waals surface area contributed by atoms with E-state index in [1.54, 1.807) is 7.11 Å². The zero-order chi connectivity index (χ0) is 14.2. The van der Waals surface area contributed by atoms with Crippen LogP contribution >= 0.6 is 0 Å². The topological polar surface area (TPSA) is 50.8 Å². The van der Waals surface area contributed by atoms with Crippen molar-refractivity contribution in [1.82, 2.24) is 4.90 Å². The van der Waals surface area contributed by atoms with Gasteiger partial charge >= 0.3 is 0 Å². The Morgan fingerprint density at radius 2 is 2.35 bits per heavy atom. The van der Waals surface area contributed by atoms with Crippen LogP contribution < -0.4 is 10.5 Å². The Bertz CT molecular complexity index is 567. The largest absolute Gasteiger partial charge is 0.497 e. The van der Waals surface area contributed by atoms with E-state index in [4.69, 9.17) is 10.5 Å². The summed E-state index contributed by atoms with van der Waals surface area (Å²) in [6.45, 7) is 5.38. The van der Waals surface area contributed by atoms with Crippen molar-refractivity contribution in [3.63, 3.8) is 0 Å². The lowest BCUT2D eigenvalue weighted by atomic mass is 9.77. The second-order valence-electron chi connectivity index (χ2n) is 5.61. The third-order valence-corrected chi connectivity index (χ3v) is 4.49. The van der Waals surface area contributed by atoms with Gasteiger partial charge < -0.3 is 15.4 Å². The Morgan fingerprint density at radius 3 is 3.10 bits per heavy atom. The van der Waals surface area contributed by atoms with Gasteiger partial charge in [-0.15, -0.1) is 6.58 Å². The van der Waals surface area contributed by atoms with Crippen molar-refractivity contribution in [1.29, 1.82) is 0 Å². The summed E-state index contributed by atoms with van der Waals surface area (Å²) in [6.07, 6.45) is 5.02. The number of hydrogen-bond donors (Lipinski definition) is 1. The summed E-state index contributed by atoms with van der Waals surface area (Å²) in [4.78, 5) is 6.68. The minimum Gasteiger partial charge on any atom is -0.497 e. The van der Waals surface area contributed by atoms with Crippen molar-refractivity contribution in [3.05, 3.63) is 42.0 Å². The zero-order valence-corrected chi connectivity index (χ0v) is 11.9. The fraction of sp³-hybridized carbons (Fsp3) is 0.438. The van der Waals surface area contributed by atoms with Crippen LogP contribution in [0.5, 0.6) is 5.75 Å². The Balaban J connectivity index is 1.92. The molecule has 3 rings (SSSR count). The van der Waals surface area contributed by atoms with E-state index < -0.39 is 0 Å². The van der Waals surface area contributed by atoms with E-state index in [1.807, 2.05) is 12.1 Å². The van der Waals surface area contributed by atoms with Gasteiger partial charge in [-0.1, -0.05) is 12.1 Å². The first-order valence-electron chi connectivity index (χ1n) is 7.03. The number of nitrogens with zero attached hydrogens (tertiary/aromatic N) is 2. The van der Waals surface area contributed by atoms with Crippen LogP contribution in [-0.4, -0.2) is 36.6 Å². The molecule has 4 heteroatoms. The fourth-order valence-electron chi connectivity index (χ4n) is 3.37. The van der Waals surface area contributed by atoms with Gasteiger partial charge in [-0.25, -0.2) is 0 Å². The Kier molecular flexibility index (Phi) is 3.16. The molecule has 0 fully saturated rings. The summed E-state index contributed by atoms with van der Waals surface area (Å²) in [7, 11) is 1.71. The van der Waals surface area contributed by atoms with E-state index in [9.17, 15) is 0 Å². The van der Waals surface area contributed by atoms with Gasteiger partial charge in [0.1, 0.15) is 5.75 Å². The standard InChI is InChI=1S/C16H21N3O/c1-3-8-19-15(17)18-11-16(19)7-6-12-4-5-14(20-2)9-13(12)10-16/h3-5,9H,1,6-8,10-11H2,2H3,(H2,17,18). The first kappa shape index (κ1) is 13.0. The molecule has 0 amide bonds. The van der Waals surface area contributed by atoms with Crippen molar-refractivity contribution in [2.24, 2.45) is 10.7 Å². The highest BCUT2D eigenvalue weighted by atomic mass is 16.5. The predicted octanol–water partition coefficient (Wildman–Crippen LogP) is 1.74. The molecule has 0 saturated heterocycles. The van der Waals surface area contributed by atoms with E-state index in [1.165, 1.54) is 11.1 Å². The number of methoxy groups -OCH3 is 1. The summed E-state index contributed by atoms with van der Waals surface area (Å²) in [5.41, 5.74) is 8.85. The van der Waals surface area contributed by atoms with Crippen LogP contribution in [0.15, 0.2) is 35.8 Å². The highest BCUT2D eigenvalue weighted by molar-refractivity contribution is 5.81. The molecule has 1 aromatic rings. The first-order valence-corrected chi connectivity index (χ1v) is 7.03. The lowest BCUT2D eigenvalue weighted by Crippen LogP contribution is -2.54. The average molecular weight is 271 g/mol. The molecule has 0 saturated carbocycles. The first-order chi connectivity index (χ1) is 9.68. The van der Waals surface area contributed by atoms with Crippen LogP contribution in [0.2, 0.25) is 0 Å². The maximum absolute atomic E-state index is 6.05. The maximum Gasteiger partial charge on any atom is 0.192 e. The van der Waals surface area contributed by atoms with Crippen molar-refractivity contribution in [2.45, 2.75) is 24.8 Å². The Labute approximate surface area is 119 Å². The summed E-state index contributed by atoms with van der Waals surface area (Å²) >= 11 is 0. The molecular weight excluding hydrogens is 250 g/mol. The quantitative estimate of drug-likeness (QED) is 0.852. The number of benzene rings is 1. The van der Waals surface area contributed by atoms with E-state index in [0.29, 0.717) is 5.96 Å². The molecule has 0 aromatic heterocycles. The van der Waals surface area contributed by atoms with E-state index in [2.05, 4.69) is 28.6 Å². The molecule has 1 aliphatic heterocycles. The SMILES string of the molecule is C=CCN1C(N)=NCC12CCc1ccc(OC)cc1C2. The van der Waals surface area contributed by atoms with E-state index >= 15 is 0 Å². The van der Waals surface area contributed by atoms with Crippen molar-refractivity contribution in [3.8, 4) is 5.75 Å². The molecule has 1 atom stereocenters. The van der Waals surface area contributed by atoms with Crippen LogP contribution in [0.3, 0.4) is 0 Å². The molecule has 0 bridgehead atoms. The summed E-state index contributed by atoms with van der Waals surface area (Å²) in [6, 6.07) is 6.37. The van der Waals surface area contributed by atoms with Crippen molar-refractivity contribution in [2.75, 3.05) is 20.2 Å². The summed E-state index contributed by atoms with van der Waals surface area (Å²) in [5.74, 6) is 1.57. The third-order valence-electron chi connectivity index (χ3n) is 4.49. The normalized spacial score (nSPS) is 24.4. The number of guanidine groups is 1. The number of hydrogen-bond acceptors (Lipinski definition) is 4. The molecule has 2 aliphatic rings. The van der Waals surface area contributed by atoms with E-state index in [0.717, 1.165) is 38.1 Å². The van der Waals surface area contributed by atoms with Crippen LogP contribution in [0.4, 0.5) is 0 Å². The third kappa shape index (κ3) is 1.96. The Morgan fingerprint density at radius 1 is 1.50 bits per heavy atom. The van der Waals surface area contributed by atoms with Gasteiger partial charge in [0, 0.05) is 6.54 Å². The summed E-state index contributed by atoms with van der Waals surface area (Å²) in [5, 5.41) is 0. The van der Waals surface area contributed by atoms with E-state index in [-0.39, 0.29) is 5.54 Å². The molecule has 1 aromatic carbocycles. The number of nitrogens with two attached hydrogens (primary N) is 1. The second-order valence-corrected chi connectivity index (χ2v) is 5.61. The second kappa shape index (κ2) is 4.85. The number of aliphatic imine (C=N–C) groups is 1. The van der Waals surface area contributed by atoms with Crippen LogP contribution in [0.25, 0.3) is 0 Å². The van der Waals surface area contributed by atoms with Crippen molar-refractivity contribution < 1.29 is 4.74 Å². The fourth-order valence-corrected chi connectivity index (χ4v) is 3.37. The van der Waals surface area contributed by atoms with Crippen LogP contribution in [0, 0.1) is 0 Å². The summed E-state index contributed by atoms with van der Waals surface area (Å²) < 4.78 is 5.34. The zero-order valence-electron chi connectivity index (χ0n) is 11.9. The molecule has 1 unspecified atom stereocenters. The lowest BCUT2D eigenvalue weighted by molar-refractivity contribution is 0.190. The van der Waals surface area contributed by atoms with Gasteiger partial charge in [0.2, 0.25) is 0 Å². The number of rotatable bonds is 3. The smallest absolute Gasteiger partial charge is 0.192 e. The molecule has 20 heavy (non-hydrogen) atoms. The van der Waals surface area contributed by atoms with Gasteiger partial charge in [-0.05, 0) is 42.5 Å². The molecule has 1 spiro atoms. The van der Waals surface area contributed by atoms with Gasteiger partial charge in [-0.3, -0.25) is 4.99 Å². The number of aryl methyl sites for hydroxylation is 1. The lowest BCUT2D eigenvalue weighted by Gasteiger charge is -2.42. The molecule has 1 aliphatic carbocycles. The predicted molar refractivity (Wildman–Crippen MR) is 81.1 cm³/mol. The monoisotopic (exact) mass is 271 g/mol. The van der Waals surface area contributed by atoms with Gasteiger partial charge in [-0.2, -0.15) is 0 Å². The molecule has 106 valence electrons. The molecule has 1 heterocycles. The average Bonchev–Trinajstić information content (AvgIpc) is 2.76. The van der Waals surface area contributed by atoms with Crippen molar-refractivity contribution >= 4 is 5.96 Å². The molecule has 0 radical (unpaired) electrons. The number of ether oxygens (including phenoxy) is 1. The molecule has 4 nitrogen and oxygen atoms in total.